The molecule has 1 radical (unpaired) electrons. The van der Waals surface area contributed by atoms with Crippen molar-refractivity contribution in [2.24, 2.45) is 0 Å². The molecule has 0 saturated heterocycles. The van der Waals surface area contributed by atoms with Crippen LogP contribution < -0.4 is 0 Å². The van der Waals surface area contributed by atoms with Gasteiger partial charge in [-0.1, -0.05) is 0 Å². The Morgan fingerprint density at radius 3 is 2.60 bits per heavy atom. The zero-order valence-electron chi connectivity index (χ0n) is 5.11. The third-order valence-electron chi connectivity index (χ3n) is 0.924. The fraction of sp³-hybridized carbons (Fsp3) is 0. The summed E-state index contributed by atoms with van der Waals surface area (Å²) in [4.78, 5) is 17.4. The van der Waals surface area contributed by atoms with Crippen molar-refractivity contribution in [2.45, 2.75) is 0 Å². The molecule has 0 amide bonds. The van der Waals surface area contributed by atoms with Crippen molar-refractivity contribution >= 4 is 5.97 Å². The Hall–Kier alpha value is -1.45. The van der Waals surface area contributed by atoms with Crippen LogP contribution in [0, 0.1) is 6.92 Å². The van der Waals surface area contributed by atoms with E-state index in [1.807, 2.05) is 0 Å². The van der Waals surface area contributed by atoms with Crippen molar-refractivity contribution in [3.8, 4) is 0 Å². The minimum absolute atomic E-state index is 0.0626. The second kappa shape index (κ2) is 2.43. The Balaban J connectivity index is 3.00. The maximum Gasteiger partial charge on any atom is 0.356 e. The van der Waals surface area contributed by atoms with Crippen LogP contribution in [-0.4, -0.2) is 21.0 Å². The maximum absolute atomic E-state index is 10.2. The van der Waals surface area contributed by atoms with Gasteiger partial charge in [-0.3, -0.25) is 4.98 Å². The van der Waals surface area contributed by atoms with Crippen LogP contribution in [0.15, 0.2) is 12.4 Å². The molecule has 1 rings (SSSR count). The molecular weight excluding hydrogens is 132 g/mol. The van der Waals surface area contributed by atoms with Crippen LogP contribution in [0.25, 0.3) is 0 Å². The van der Waals surface area contributed by atoms with E-state index in [-0.39, 0.29) is 5.69 Å². The zero-order chi connectivity index (χ0) is 7.56. The number of aromatic nitrogens is 2. The number of nitrogens with zero attached hydrogens (tertiary/aromatic N) is 2. The molecular formula is C6H5N2O2. The lowest BCUT2D eigenvalue weighted by atomic mass is 10.4. The molecule has 1 N–H and O–H groups in total. The van der Waals surface area contributed by atoms with E-state index in [0.717, 1.165) is 0 Å². The average Bonchev–Trinajstić information content (AvgIpc) is 1.88. The van der Waals surface area contributed by atoms with Gasteiger partial charge in [0.1, 0.15) is 0 Å². The molecule has 0 atom stereocenters. The highest BCUT2D eigenvalue weighted by Crippen LogP contribution is 1.92. The Morgan fingerprint density at radius 1 is 1.50 bits per heavy atom. The molecule has 0 bridgehead atoms. The van der Waals surface area contributed by atoms with E-state index in [0.29, 0.717) is 5.69 Å². The summed E-state index contributed by atoms with van der Waals surface area (Å²) in [7, 11) is 0. The van der Waals surface area contributed by atoms with Crippen LogP contribution in [0.5, 0.6) is 0 Å². The molecule has 51 valence electrons. The van der Waals surface area contributed by atoms with E-state index in [4.69, 9.17) is 5.11 Å². The smallest absolute Gasteiger partial charge is 0.356 e. The molecule has 0 aliphatic heterocycles. The van der Waals surface area contributed by atoms with E-state index < -0.39 is 5.97 Å². The standard InChI is InChI=1S/C6H5N2O2/c1-4-2-8-5(3-7-4)6(9)10/h2-3H,1H2,(H,9,10). The third-order valence-corrected chi connectivity index (χ3v) is 0.924. The number of carboxylic acid groups (broad SMARTS) is 1. The average molecular weight is 137 g/mol. The highest BCUT2D eigenvalue weighted by atomic mass is 16.4. The summed E-state index contributed by atoms with van der Waals surface area (Å²) in [6.45, 7) is 3.45. The summed E-state index contributed by atoms with van der Waals surface area (Å²) in [5.41, 5.74) is 0.400. The fourth-order valence-electron chi connectivity index (χ4n) is 0.465. The molecule has 0 aliphatic carbocycles. The molecule has 4 heteroatoms. The normalized spacial score (nSPS) is 9.30. The van der Waals surface area contributed by atoms with Crippen LogP contribution in [0.4, 0.5) is 0 Å². The lowest BCUT2D eigenvalue weighted by Gasteiger charge is -1.91. The van der Waals surface area contributed by atoms with Gasteiger partial charge in [-0.05, 0) is 6.92 Å². The van der Waals surface area contributed by atoms with Gasteiger partial charge in [0, 0.05) is 6.20 Å². The summed E-state index contributed by atoms with van der Waals surface area (Å²) in [6.07, 6.45) is 2.48. The van der Waals surface area contributed by atoms with Gasteiger partial charge < -0.3 is 5.11 Å². The summed E-state index contributed by atoms with van der Waals surface area (Å²) in [5, 5.41) is 8.35. The van der Waals surface area contributed by atoms with Gasteiger partial charge in [0.15, 0.2) is 5.69 Å². The molecule has 0 aliphatic rings. The number of aromatic carboxylic acids is 1. The Labute approximate surface area is 57.6 Å². The fourth-order valence-corrected chi connectivity index (χ4v) is 0.465. The predicted molar refractivity (Wildman–Crippen MR) is 33.5 cm³/mol. The van der Waals surface area contributed by atoms with Crippen LogP contribution >= 0.6 is 0 Å². The number of rotatable bonds is 1. The molecule has 10 heavy (non-hydrogen) atoms. The number of hydrogen-bond donors (Lipinski definition) is 1. The second-order valence-electron chi connectivity index (χ2n) is 1.70. The molecule has 1 aromatic heterocycles. The second-order valence-corrected chi connectivity index (χ2v) is 1.70. The summed E-state index contributed by atoms with van der Waals surface area (Å²) in [5.74, 6) is -1.08. The van der Waals surface area contributed by atoms with Crippen LogP contribution in [0.1, 0.15) is 16.2 Å². The Bertz CT molecular complexity index is 242. The van der Waals surface area contributed by atoms with Crippen molar-refractivity contribution in [1.29, 1.82) is 0 Å². The molecule has 0 aromatic carbocycles. The van der Waals surface area contributed by atoms with Crippen molar-refractivity contribution in [3.63, 3.8) is 0 Å². The van der Waals surface area contributed by atoms with Gasteiger partial charge in [-0.25, -0.2) is 9.78 Å². The van der Waals surface area contributed by atoms with Gasteiger partial charge in [0.25, 0.3) is 0 Å². The largest absolute Gasteiger partial charge is 0.476 e. The van der Waals surface area contributed by atoms with Crippen molar-refractivity contribution in [3.05, 3.63) is 30.7 Å². The Morgan fingerprint density at radius 2 is 2.20 bits per heavy atom. The Kier molecular flexibility index (Phi) is 1.62. The first-order chi connectivity index (χ1) is 4.70. The van der Waals surface area contributed by atoms with E-state index in [1.54, 1.807) is 0 Å². The van der Waals surface area contributed by atoms with Gasteiger partial charge >= 0.3 is 5.97 Å². The molecule has 1 heterocycles. The third kappa shape index (κ3) is 1.28. The van der Waals surface area contributed by atoms with Crippen LogP contribution in [-0.2, 0) is 0 Å². The molecule has 0 spiro atoms. The SMILES string of the molecule is [CH2]c1cnc(C(=O)O)cn1. The lowest BCUT2D eigenvalue weighted by Crippen LogP contribution is -2.00. The highest BCUT2D eigenvalue weighted by Gasteiger charge is 2.01. The molecule has 0 saturated carbocycles. The number of carbonyl (C=O) groups is 1. The van der Waals surface area contributed by atoms with Gasteiger partial charge in [-0.2, -0.15) is 0 Å². The topological polar surface area (TPSA) is 63.1 Å². The summed E-state index contributed by atoms with van der Waals surface area (Å²) >= 11 is 0. The monoisotopic (exact) mass is 137 g/mol. The van der Waals surface area contributed by atoms with E-state index in [9.17, 15) is 4.79 Å². The molecule has 4 nitrogen and oxygen atoms in total. The van der Waals surface area contributed by atoms with Crippen molar-refractivity contribution < 1.29 is 9.90 Å². The van der Waals surface area contributed by atoms with E-state index >= 15 is 0 Å². The van der Waals surface area contributed by atoms with Gasteiger partial charge in [0.05, 0.1) is 11.9 Å². The number of hydrogen-bond acceptors (Lipinski definition) is 3. The van der Waals surface area contributed by atoms with Gasteiger partial charge in [-0.15, -0.1) is 0 Å². The highest BCUT2D eigenvalue weighted by molar-refractivity contribution is 5.84. The molecule has 1 aromatic rings. The number of carboxylic acids is 1. The zero-order valence-corrected chi connectivity index (χ0v) is 5.11. The summed E-state index contributed by atoms with van der Waals surface area (Å²) in [6, 6.07) is 0. The van der Waals surface area contributed by atoms with Crippen LogP contribution in [0.3, 0.4) is 0 Å². The minimum atomic E-state index is -1.08. The van der Waals surface area contributed by atoms with Crippen molar-refractivity contribution in [2.75, 3.05) is 0 Å². The molecule has 0 unspecified atom stereocenters. The minimum Gasteiger partial charge on any atom is -0.476 e. The first kappa shape index (κ1) is 6.67. The first-order valence-corrected chi connectivity index (χ1v) is 2.57. The summed E-state index contributed by atoms with van der Waals surface area (Å²) < 4.78 is 0. The first-order valence-electron chi connectivity index (χ1n) is 2.57. The predicted octanol–water partition coefficient (Wildman–Crippen LogP) is 0.357. The van der Waals surface area contributed by atoms with Crippen molar-refractivity contribution in [1.82, 2.24) is 9.97 Å². The van der Waals surface area contributed by atoms with E-state index in [2.05, 4.69) is 16.9 Å². The lowest BCUT2D eigenvalue weighted by molar-refractivity contribution is 0.0690. The van der Waals surface area contributed by atoms with Gasteiger partial charge in [0.2, 0.25) is 0 Å². The maximum atomic E-state index is 10.2. The molecule has 0 fully saturated rings. The van der Waals surface area contributed by atoms with Crippen LogP contribution in [0.2, 0.25) is 0 Å². The van der Waals surface area contributed by atoms with E-state index in [1.165, 1.54) is 12.4 Å². The quantitative estimate of drug-likeness (QED) is 0.606.